The number of guanidine groups is 1. The van der Waals surface area contributed by atoms with E-state index in [1.807, 2.05) is 17.8 Å². The molecule has 1 heterocycles. The van der Waals surface area contributed by atoms with Gasteiger partial charge >= 0.3 is 0 Å². The van der Waals surface area contributed by atoms with Crippen molar-refractivity contribution in [3.8, 4) is 0 Å². The number of hydrogen-bond acceptors (Lipinski definition) is 4. The Kier molecular flexibility index (Phi) is 7.42. The maximum Gasteiger partial charge on any atom is 0.191 e. The predicted octanol–water partition coefficient (Wildman–Crippen LogP) is 2.20. The summed E-state index contributed by atoms with van der Waals surface area (Å²) in [5.74, 6) is 3.60. The fourth-order valence-electron chi connectivity index (χ4n) is 2.14. The van der Waals surface area contributed by atoms with E-state index in [2.05, 4.69) is 46.8 Å². The molecule has 2 rings (SSSR count). The third-order valence-corrected chi connectivity index (χ3v) is 5.61. The van der Waals surface area contributed by atoms with Crippen molar-refractivity contribution in [1.29, 1.82) is 0 Å². The van der Waals surface area contributed by atoms with Crippen LogP contribution in [0.25, 0.3) is 0 Å². The lowest BCUT2D eigenvalue weighted by molar-refractivity contribution is 0.0778. The first-order valence-corrected chi connectivity index (χ1v) is 9.86. The van der Waals surface area contributed by atoms with Gasteiger partial charge in [-0.1, -0.05) is 18.2 Å². The molecule has 1 aromatic carbocycles. The van der Waals surface area contributed by atoms with E-state index in [-0.39, 0.29) is 0 Å². The standard InChI is InChI=1S/C16H25N3OS2/c1-2-17-15(19-12-16(20)8-10-21-13-16)18-9-11-22-14-6-4-3-5-7-14/h3-7,20H,2,8-13H2,1H3,(H2,17,18,19). The molecule has 22 heavy (non-hydrogen) atoms. The largest absolute Gasteiger partial charge is 0.387 e. The number of rotatable bonds is 7. The van der Waals surface area contributed by atoms with Gasteiger partial charge in [0, 0.05) is 29.5 Å². The number of aliphatic imine (C=N–C) groups is 1. The van der Waals surface area contributed by atoms with Crippen molar-refractivity contribution in [3.05, 3.63) is 30.3 Å². The molecule has 0 bridgehead atoms. The number of aliphatic hydroxyl groups is 1. The van der Waals surface area contributed by atoms with E-state index in [1.54, 1.807) is 11.8 Å². The van der Waals surface area contributed by atoms with Crippen LogP contribution in [0.15, 0.2) is 40.2 Å². The van der Waals surface area contributed by atoms with Gasteiger partial charge in [0.25, 0.3) is 0 Å². The minimum atomic E-state index is -0.619. The summed E-state index contributed by atoms with van der Waals surface area (Å²) >= 11 is 3.63. The van der Waals surface area contributed by atoms with Crippen LogP contribution in [0.2, 0.25) is 0 Å². The van der Waals surface area contributed by atoms with E-state index in [0.29, 0.717) is 6.54 Å². The highest BCUT2D eigenvalue weighted by Crippen LogP contribution is 2.27. The SMILES string of the molecule is CCNC(=NCC1(O)CCSC1)NCCSc1ccccc1. The Morgan fingerprint density at radius 2 is 2.18 bits per heavy atom. The molecule has 0 spiro atoms. The molecule has 0 radical (unpaired) electrons. The minimum absolute atomic E-state index is 0.473. The van der Waals surface area contributed by atoms with Crippen molar-refractivity contribution < 1.29 is 5.11 Å². The summed E-state index contributed by atoms with van der Waals surface area (Å²) in [7, 11) is 0. The van der Waals surface area contributed by atoms with Crippen LogP contribution in [0, 0.1) is 0 Å². The smallest absolute Gasteiger partial charge is 0.191 e. The van der Waals surface area contributed by atoms with Gasteiger partial charge in [0.1, 0.15) is 0 Å². The first-order chi connectivity index (χ1) is 10.7. The summed E-state index contributed by atoms with van der Waals surface area (Å²) < 4.78 is 0. The Morgan fingerprint density at radius 3 is 2.86 bits per heavy atom. The molecule has 0 aromatic heterocycles. The fourth-order valence-corrected chi connectivity index (χ4v) is 4.22. The van der Waals surface area contributed by atoms with Crippen LogP contribution in [0.1, 0.15) is 13.3 Å². The van der Waals surface area contributed by atoms with Gasteiger partial charge < -0.3 is 15.7 Å². The highest BCUT2D eigenvalue weighted by atomic mass is 32.2. The number of nitrogens with zero attached hydrogens (tertiary/aromatic N) is 1. The summed E-state index contributed by atoms with van der Waals surface area (Å²) in [6, 6.07) is 10.4. The van der Waals surface area contributed by atoms with Gasteiger partial charge in [0.05, 0.1) is 12.1 Å². The quantitative estimate of drug-likeness (QED) is 0.308. The van der Waals surface area contributed by atoms with Crippen LogP contribution in [0.4, 0.5) is 0 Å². The average molecular weight is 340 g/mol. The van der Waals surface area contributed by atoms with Crippen LogP contribution in [0.3, 0.4) is 0 Å². The van der Waals surface area contributed by atoms with Gasteiger partial charge in [-0.25, -0.2) is 0 Å². The van der Waals surface area contributed by atoms with E-state index < -0.39 is 5.60 Å². The van der Waals surface area contributed by atoms with Gasteiger partial charge in [0.2, 0.25) is 0 Å². The van der Waals surface area contributed by atoms with Gasteiger partial charge in [-0.3, -0.25) is 4.99 Å². The zero-order valence-electron chi connectivity index (χ0n) is 13.0. The Hall–Kier alpha value is -0.850. The molecule has 0 saturated carbocycles. The number of hydrogen-bond donors (Lipinski definition) is 3. The summed E-state index contributed by atoms with van der Waals surface area (Å²) in [4.78, 5) is 5.81. The van der Waals surface area contributed by atoms with Gasteiger partial charge in [0.15, 0.2) is 5.96 Å². The topological polar surface area (TPSA) is 56.7 Å². The average Bonchev–Trinajstić information content (AvgIpc) is 2.97. The molecule has 3 N–H and O–H groups in total. The third-order valence-electron chi connectivity index (χ3n) is 3.36. The molecular formula is C16H25N3OS2. The molecule has 1 atom stereocenters. The fraction of sp³-hybridized carbons (Fsp3) is 0.562. The van der Waals surface area contributed by atoms with Crippen LogP contribution in [0.5, 0.6) is 0 Å². The molecule has 4 nitrogen and oxygen atoms in total. The Balaban J connectivity index is 1.73. The normalized spacial score (nSPS) is 21.8. The second kappa shape index (κ2) is 9.33. The third kappa shape index (κ3) is 6.10. The van der Waals surface area contributed by atoms with Crippen molar-refractivity contribution in [2.45, 2.75) is 23.8 Å². The maximum absolute atomic E-state index is 10.3. The summed E-state index contributed by atoms with van der Waals surface area (Å²) in [5, 5.41) is 16.9. The first kappa shape index (κ1) is 17.5. The molecule has 1 aliphatic heterocycles. The van der Waals surface area contributed by atoms with Gasteiger partial charge in [-0.15, -0.1) is 11.8 Å². The molecule has 6 heteroatoms. The molecule has 1 aliphatic rings. The molecule has 0 aliphatic carbocycles. The van der Waals surface area contributed by atoms with Gasteiger partial charge in [-0.05, 0) is 31.2 Å². The number of benzene rings is 1. The second-order valence-electron chi connectivity index (χ2n) is 5.31. The van der Waals surface area contributed by atoms with E-state index in [9.17, 15) is 5.11 Å². The van der Waals surface area contributed by atoms with Crippen molar-refractivity contribution in [2.75, 3.05) is 36.9 Å². The Labute approximate surface area is 141 Å². The van der Waals surface area contributed by atoms with E-state index in [1.165, 1.54) is 4.90 Å². The first-order valence-electron chi connectivity index (χ1n) is 7.72. The lowest BCUT2D eigenvalue weighted by Gasteiger charge is -2.19. The summed E-state index contributed by atoms with van der Waals surface area (Å²) in [6.07, 6.45) is 0.838. The van der Waals surface area contributed by atoms with E-state index in [4.69, 9.17) is 0 Å². The second-order valence-corrected chi connectivity index (χ2v) is 7.58. The van der Waals surface area contributed by atoms with Crippen molar-refractivity contribution in [3.63, 3.8) is 0 Å². The highest BCUT2D eigenvalue weighted by molar-refractivity contribution is 7.99. The maximum atomic E-state index is 10.3. The van der Waals surface area contributed by atoms with Crippen LogP contribution in [-0.4, -0.2) is 53.6 Å². The van der Waals surface area contributed by atoms with Crippen molar-refractivity contribution >= 4 is 29.5 Å². The molecule has 1 unspecified atom stereocenters. The predicted molar refractivity (Wildman–Crippen MR) is 98.0 cm³/mol. The molecule has 1 saturated heterocycles. The van der Waals surface area contributed by atoms with Crippen LogP contribution >= 0.6 is 23.5 Å². The lowest BCUT2D eigenvalue weighted by Crippen LogP contribution is -2.41. The van der Waals surface area contributed by atoms with Crippen molar-refractivity contribution in [2.24, 2.45) is 4.99 Å². The molecule has 122 valence electrons. The summed E-state index contributed by atoms with van der Waals surface area (Å²) in [6.45, 7) is 4.20. The zero-order chi connectivity index (χ0) is 15.7. The minimum Gasteiger partial charge on any atom is -0.387 e. The van der Waals surface area contributed by atoms with E-state index >= 15 is 0 Å². The zero-order valence-corrected chi connectivity index (χ0v) is 14.7. The summed E-state index contributed by atoms with van der Waals surface area (Å²) in [5.41, 5.74) is -0.619. The van der Waals surface area contributed by atoms with Crippen molar-refractivity contribution in [1.82, 2.24) is 10.6 Å². The molecule has 0 amide bonds. The highest BCUT2D eigenvalue weighted by Gasteiger charge is 2.31. The van der Waals surface area contributed by atoms with Crippen LogP contribution in [-0.2, 0) is 0 Å². The van der Waals surface area contributed by atoms with Gasteiger partial charge in [-0.2, -0.15) is 11.8 Å². The molecular weight excluding hydrogens is 314 g/mol. The Morgan fingerprint density at radius 1 is 1.36 bits per heavy atom. The lowest BCUT2D eigenvalue weighted by atomic mass is 10.1. The molecule has 1 fully saturated rings. The number of nitrogens with one attached hydrogen (secondary N) is 2. The van der Waals surface area contributed by atoms with Crippen LogP contribution < -0.4 is 10.6 Å². The number of thioether (sulfide) groups is 2. The molecule has 1 aromatic rings. The monoisotopic (exact) mass is 339 g/mol. The van der Waals surface area contributed by atoms with E-state index in [0.717, 1.165) is 42.7 Å². The Bertz CT molecular complexity index is 462.